The van der Waals surface area contributed by atoms with Crippen LogP contribution in [0.25, 0.3) is 0 Å². The average Bonchev–Trinajstić information content (AvgIpc) is 3.09. The quantitative estimate of drug-likeness (QED) is 0.667. The fourth-order valence-electron chi connectivity index (χ4n) is 2.55. The molecule has 0 aromatic carbocycles. The summed E-state index contributed by atoms with van der Waals surface area (Å²) >= 11 is 0. The van der Waals surface area contributed by atoms with E-state index in [1.807, 2.05) is 0 Å². The van der Waals surface area contributed by atoms with E-state index < -0.39 is 21.8 Å². The van der Waals surface area contributed by atoms with Crippen LogP contribution in [0.2, 0.25) is 0 Å². The first kappa shape index (κ1) is 15.1. The first-order chi connectivity index (χ1) is 9.35. The summed E-state index contributed by atoms with van der Waals surface area (Å²) in [5.74, 6) is -0.571. The standard InChI is InChI=1S/C12H20N2O5S/c15-11(16)6-10(8-3-4-8)14-12(17)13-9-2-1-5-20(18,19)7-9/h8-10H,1-7H2,(H,15,16)(H2,13,14,17). The van der Waals surface area contributed by atoms with Crippen LogP contribution in [-0.2, 0) is 14.6 Å². The fourth-order valence-corrected chi connectivity index (χ4v) is 4.19. The van der Waals surface area contributed by atoms with Crippen molar-refractivity contribution in [1.29, 1.82) is 0 Å². The van der Waals surface area contributed by atoms with Crippen LogP contribution in [-0.4, -0.2) is 49.1 Å². The highest BCUT2D eigenvalue weighted by molar-refractivity contribution is 7.91. The van der Waals surface area contributed by atoms with E-state index in [1.54, 1.807) is 0 Å². The molecule has 1 aliphatic carbocycles. The monoisotopic (exact) mass is 304 g/mol. The Morgan fingerprint density at radius 1 is 1.25 bits per heavy atom. The van der Waals surface area contributed by atoms with Gasteiger partial charge in [0, 0.05) is 12.1 Å². The van der Waals surface area contributed by atoms with Crippen molar-refractivity contribution in [1.82, 2.24) is 10.6 Å². The van der Waals surface area contributed by atoms with E-state index in [0.717, 1.165) is 12.8 Å². The molecule has 114 valence electrons. The molecule has 0 radical (unpaired) electrons. The third kappa shape index (κ3) is 4.66. The second-order valence-corrected chi connectivity index (χ2v) is 7.84. The van der Waals surface area contributed by atoms with Crippen molar-refractivity contribution in [2.45, 2.75) is 44.2 Å². The van der Waals surface area contributed by atoms with Gasteiger partial charge >= 0.3 is 12.0 Å². The Bertz CT molecular complexity index is 486. The van der Waals surface area contributed by atoms with Crippen LogP contribution in [0.15, 0.2) is 0 Å². The number of aliphatic carboxylic acids is 1. The number of rotatable bonds is 5. The molecular formula is C12H20N2O5S. The summed E-state index contributed by atoms with van der Waals surface area (Å²) in [6, 6.07) is -1.21. The van der Waals surface area contributed by atoms with Crippen LogP contribution in [0, 0.1) is 5.92 Å². The molecule has 1 saturated heterocycles. The molecule has 2 amide bonds. The molecule has 8 heteroatoms. The summed E-state index contributed by atoms with van der Waals surface area (Å²) in [4.78, 5) is 22.6. The van der Waals surface area contributed by atoms with Gasteiger partial charge in [-0.25, -0.2) is 13.2 Å². The summed E-state index contributed by atoms with van der Waals surface area (Å²) < 4.78 is 23.0. The van der Waals surface area contributed by atoms with E-state index in [1.165, 1.54) is 0 Å². The lowest BCUT2D eigenvalue weighted by atomic mass is 10.1. The maximum Gasteiger partial charge on any atom is 0.315 e. The van der Waals surface area contributed by atoms with Crippen molar-refractivity contribution < 1.29 is 23.1 Å². The minimum absolute atomic E-state index is 0.0343. The normalized spacial score (nSPS) is 26.5. The fraction of sp³-hybridized carbons (Fsp3) is 0.833. The number of nitrogens with one attached hydrogen (secondary N) is 2. The van der Waals surface area contributed by atoms with Crippen LogP contribution >= 0.6 is 0 Å². The molecule has 20 heavy (non-hydrogen) atoms. The van der Waals surface area contributed by atoms with Gasteiger partial charge < -0.3 is 15.7 Å². The Labute approximate surface area is 118 Å². The van der Waals surface area contributed by atoms with Gasteiger partial charge in [0.25, 0.3) is 0 Å². The van der Waals surface area contributed by atoms with E-state index in [2.05, 4.69) is 10.6 Å². The Kier molecular flexibility index (Phi) is 4.52. The average molecular weight is 304 g/mol. The molecule has 2 aliphatic rings. The summed E-state index contributed by atoms with van der Waals surface area (Å²) in [7, 11) is -3.07. The molecule has 0 spiro atoms. The highest BCUT2D eigenvalue weighted by Crippen LogP contribution is 2.34. The Morgan fingerprint density at radius 2 is 1.95 bits per heavy atom. The number of amides is 2. The maximum atomic E-state index is 11.8. The van der Waals surface area contributed by atoms with Crippen LogP contribution < -0.4 is 10.6 Å². The van der Waals surface area contributed by atoms with E-state index >= 15 is 0 Å². The van der Waals surface area contributed by atoms with Crippen LogP contribution in [0.4, 0.5) is 4.79 Å². The van der Waals surface area contributed by atoms with Crippen molar-refractivity contribution in [3.8, 4) is 0 Å². The van der Waals surface area contributed by atoms with Gasteiger partial charge in [-0.3, -0.25) is 4.79 Å². The number of sulfone groups is 1. The molecule has 0 aromatic heterocycles. The topological polar surface area (TPSA) is 113 Å². The van der Waals surface area contributed by atoms with Crippen molar-refractivity contribution in [3.63, 3.8) is 0 Å². The van der Waals surface area contributed by atoms with E-state index in [-0.39, 0.29) is 35.9 Å². The number of carboxylic acids is 1. The minimum Gasteiger partial charge on any atom is -0.481 e. The van der Waals surface area contributed by atoms with Gasteiger partial charge in [0.15, 0.2) is 9.84 Å². The zero-order valence-corrected chi connectivity index (χ0v) is 12.0. The Morgan fingerprint density at radius 3 is 2.50 bits per heavy atom. The number of carbonyl (C=O) groups excluding carboxylic acids is 1. The largest absolute Gasteiger partial charge is 0.481 e. The SMILES string of the molecule is O=C(O)CC(NC(=O)NC1CCCS(=O)(=O)C1)C1CC1. The molecule has 0 bridgehead atoms. The highest BCUT2D eigenvalue weighted by atomic mass is 32.2. The lowest BCUT2D eigenvalue weighted by molar-refractivity contribution is -0.137. The molecule has 2 rings (SSSR count). The molecular weight excluding hydrogens is 284 g/mol. The van der Waals surface area contributed by atoms with Gasteiger partial charge in [-0.2, -0.15) is 0 Å². The molecule has 2 fully saturated rings. The van der Waals surface area contributed by atoms with E-state index in [0.29, 0.717) is 12.8 Å². The first-order valence-corrected chi connectivity index (χ1v) is 8.67. The van der Waals surface area contributed by atoms with E-state index in [4.69, 9.17) is 5.11 Å². The summed E-state index contributed by atoms with van der Waals surface area (Å²) in [5.41, 5.74) is 0. The van der Waals surface area contributed by atoms with Crippen molar-refractivity contribution >= 4 is 21.8 Å². The maximum absolute atomic E-state index is 11.8. The molecule has 1 saturated carbocycles. The third-order valence-electron chi connectivity index (χ3n) is 3.70. The van der Waals surface area contributed by atoms with Crippen molar-refractivity contribution in [2.24, 2.45) is 5.92 Å². The van der Waals surface area contributed by atoms with Gasteiger partial charge in [0.1, 0.15) is 0 Å². The molecule has 2 atom stereocenters. The van der Waals surface area contributed by atoms with Gasteiger partial charge in [0.05, 0.1) is 17.9 Å². The number of carboxylic acid groups (broad SMARTS) is 1. The second kappa shape index (κ2) is 5.99. The van der Waals surface area contributed by atoms with E-state index in [9.17, 15) is 18.0 Å². The number of carbonyl (C=O) groups is 2. The highest BCUT2D eigenvalue weighted by Gasteiger charge is 2.34. The predicted molar refractivity (Wildman–Crippen MR) is 72.1 cm³/mol. The number of hydrogen-bond donors (Lipinski definition) is 3. The number of hydrogen-bond acceptors (Lipinski definition) is 4. The third-order valence-corrected chi connectivity index (χ3v) is 5.52. The minimum atomic E-state index is -3.07. The number of urea groups is 1. The smallest absolute Gasteiger partial charge is 0.315 e. The molecule has 3 N–H and O–H groups in total. The lowest BCUT2D eigenvalue weighted by Crippen LogP contribution is -2.50. The van der Waals surface area contributed by atoms with Gasteiger partial charge in [0.2, 0.25) is 0 Å². The predicted octanol–water partition coefficient (Wildman–Crippen LogP) is 0.116. The zero-order valence-electron chi connectivity index (χ0n) is 11.2. The molecule has 1 aliphatic heterocycles. The van der Waals surface area contributed by atoms with Gasteiger partial charge in [-0.1, -0.05) is 0 Å². The summed E-state index contributed by atoms with van der Waals surface area (Å²) in [6.07, 6.45) is 2.95. The van der Waals surface area contributed by atoms with Gasteiger partial charge in [-0.15, -0.1) is 0 Å². The summed E-state index contributed by atoms with van der Waals surface area (Å²) in [5, 5.41) is 14.1. The van der Waals surface area contributed by atoms with Crippen molar-refractivity contribution in [3.05, 3.63) is 0 Å². The van der Waals surface area contributed by atoms with Crippen LogP contribution in [0.1, 0.15) is 32.1 Å². The lowest BCUT2D eigenvalue weighted by Gasteiger charge is -2.24. The first-order valence-electron chi connectivity index (χ1n) is 6.85. The van der Waals surface area contributed by atoms with Crippen LogP contribution in [0.3, 0.4) is 0 Å². The van der Waals surface area contributed by atoms with Crippen molar-refractivity contribution in [2.75, 3.05) is 11.5 Å². The molecule has 2 unspecified atom stereocenters. The molecule has 0 aromatic rings. The second-order valence-electron chi connectivity index (χ2n) is 5.61. The summed E-state index contributed by atoms with van der Waals surface area (Å²) in [6.45, 7) is 0. The Balaban J connectivity index is 1.83. The molecule has 7 nitrogen and oxygen atoms in total. The Hall–Kier alpha value is -1.31. The zero-order chi connectivity index (χ0) is 14.8. The molecule has 1 heterocycles. The van der Waals surface area contributed by atoms with Gasteiger partial charge in [-0.05, 0) is 31.6 Å². The van der Waals surface area contributed by atoms with Crippen LogP contribution in [0.5, 0.6) is 0 Å².